The van der Waals surface area contributed by atoms with Gasteiger partial charge in [0.25, 0.3) is 5.91 Å². The first-order chi connectivity index (χ1) is 13.8. The molecule has 1 amide bonds. The first kappa shape index (κ1) is 21.9. The van der Waals surface area contributed by atoms with Crippen molar-refractivity contribution < 1.29 is 23.8 Å². The zero-order valence-electron chi connectivity index (χ0n) is 16.8. The molecule has 158 valence electrons. The van der Waals surface area contributed by atoms with Crippen molar-refractivity contribution >= 4 is 40.8 Å². The molecular formula is C21H25Cl2NO5. The average molecular weight is 442 g/mol. The van der Waals surface area contributed by atoms with Crippen LogP contribution in [0.5, 0.6) is 0 Å². The molecule has 0 radical (unpaired) electrons. The molecule has 1 saturated carbocycles. The van der Waals surface area contributed by atoms with Gasteiger partial charge in [0, 0.05) is 17.2 Å². The lowest BCUT2D eigenvalue weighted by Gasteiger charge is -2.37. The van der Waals surface area contributed by atoms with Crippen molar-refractivity contribution in [1.29, 1.82) is 0 Å². The number of carbonyl (C=O) groups is 2. The maximum Gasteiger partial charge on any atom is 0.513 e. The van der Waals surface area contributed by atoms with Gasteiger partial charge < -0.3 is 19.5 Å². The summed E-state index contributed by atoms with van der Waals surface area (Å²) < 4.78 is 16.3. The minimum absolute atomic E-state index is 0.122. The van der Waals surface area contributed by atoms with Gasteiger partial charge in [-0.05, 0) is 64.2 Å². The number of nitrogens with one attached hydrogen (secondary N) is 1. The smallest absolute Gasteiger partial charge is 0.434 e. The van der Waals surface area contributed by atoms with Gasteiger partial charge in [-0.1, -0.05) is 23.2 Å². The molecule has 1 N–H and O–H groups in total. The summed E-state index contributed by atoms with van der Waals surface area (Å²) in [5.74, 6) is -0.0605. The largest absolute Gasteiger partial charge is 0.513 e. The summed E-state index contributed by atoms with van der Waals surface area (Å²) in [6.07, 6.45) is 1.94. The maximum atomic E-state index is 13.1. The third kappa shape index (κ3) is 4.39. The summed E-state index contributed by atoms with van der Waals surface area (Å²) in [5, 5.41) is 3.85. The maximum absolute atomic E-state index is 13.1. The van der Waals surface area contributed by atoms with Crippen LogP contribution in [-0.2, 0) is 19.0 Å². The fraction of sp³-hybridized carbons (Fsp3) is 0.524. The van der Waals surface area contributed by atoms with Gasteiger partial charge in [-0.2, -0.15) is 0 Å². The van der Waals surface area contributed by atoms with Gasteiger partial charge in [0.15, 0.2) is 5.76 Å². The van der Waals surface area contributed by atoms with Crippen LogP contribution in [0.3, 0.4) is 0 Å². The molecule has 1 spiro atoms. The van der Waals surface area contributed by atoms with E-state index in [1.807, 2.05) is 13.8 Å². The third-order valence-corrected chi connectivity index (χ3v) is 5.90. The van der Waals surface area contributed by atoms with Gasteiger partial charge in [0.2, 0.25) is 0 Å². The van der Waals surface area contributed by atoms with Gasteiger partial charge in [-0.3, -0.25) is 4.79 Å². The highest BCUT2D eigenvalue weighted by atomic mass is 35.5. The van der Waals surface area contributed by atoms with Crippen molar-refractivity contribution in [2.75, 3.05) is 13.2 Å². The van der Waals surface area contributed by atoms with Gasteiger partial charge in [0.05, 0.1) is 28.8 Å². The second-order valence-electron chi connectivity index (χ2n) is 7.26. The van der Waals surface area contributed by atoms with Crippen LogP contribution in [0.1, 0.15) is 50.7 Å². The highest BCUT2D eigenvalue weighted by molar-refractivity contribution is 6.38. The molecule has 1 aliphatic heterocycles. The lowest BCUT2D eigenvalue weighted by Crippen LogP contribution is -2.49. The van der Waals surface area contributed by atoms with E-state index in [1.54, 1.807) is 19.1 Å². The minimum atomic E-state index is -0.842. The molecular weight excluding hydrogens is 417 g/mol. The summed E-state index contributed by atoms with van der Waals surface area (Å²) in [7, 11) is 0. The molecule has 1 heterocycles. The third-order valence-electron chi connectivity index (χ3n) is 5.38. The van der Waals surface area contributed by atoms with Crippen molar-refractivity contribution in [1.82, 2.24) is 5.32 Å². The molecule has 1 aromatic carbocycles. The van der Waals surface area contributed by atoms with E-state index in [-0.39, 0.29) is 30.0 Å². The standard InChI is InChI=1S/C21H25Cl2NO5/c1-4-27-14-6-8-21(9-7-14)18(29-20(26)28-5-2)17(19(25)24-21)16-12(3)10-13(22)11-15(16)23/h10-11,14H,4-9H2,1-3H3,(H,24,25). The van der Waals surface area contributed by atoms with E-state index in [4.69, 9.17) is 37.4 Å². The Bertz CT molecular complexity index is 820. The number of hydrogen-bond donors (Lipinski definition) is 1. The summed E-state index contributed by atoms with van der Waals surface area (Å²) in [4.78, 5) is 25.3. The van der Waals surface area contributed by atoms with Gasteiger partial charge in [-0.15, -0.1) is 0 Å². The minimum Gasteiger partial charge on any atom is -0.434 e. The molecule has 1 aliphatic carbocycles. The average Bonchev–Trinajstić information content (AvgIpc) is 2.89. The van der Waals surface area contributed by atoms with Gasteiger partial charge in [0.1, 0.15) is 0 Å². The van der Waals surface area contributed by atoms with E-state index in [0.29, 0.717) is 35.1 Å². The molecule has 0 saturated heterocycles. The fourth-order valence-electron chi connectivity index (χ4n) is 4.14. The molecule has 0 aromatic heterocycles. The van der Waals surface area contributed by atoms with Gasteiger partial charge >= 0.3 is 6.16 Å². The Morgan fingerprint density at radius 1 is 1.21 bits per heavy atom. The van der Waals surface area contributed by atoms with Crippen molar-refractivity contribution in [3.05, 3.63) is 39.1 Å². The topological polar surface area (TPSA) is 73.9 Å². The molecule has 3 rings (SSSR count). The molecule has 6 nitrogen and oxygen atoms in total. The van der Waals surface area contributed by atoms with E-state index >= 15 is 0 Å². The molecule has 0 bridgehead atoms. The predicted molar refractivity (Wildman–Crippen MR) is 111 cm³/mol. The van der Waals surface area contributed by atoms with Crippen LogP contribution in [0.4, 0.5) is 4.79 Å². The SMILES string of the molecule is CCOC(=O)OC1=C(c2c(C)cc(Cl)cc2Cl)C(=O)NC12CCC(OCC)CC2. The molecule has 29 heavy (non-hydrogen) atoms. The highest BCUT2D eigenvalue weighted by Gasteiger charge is 2.50. The Labute approximate surface area is 180 Å². The second-order valence-corrected chi connectivity index (χ2v) is 8.10. The number of carbonyl (C=O) groups excluding carboxylic acids is 2. The summed E-state index contributed by atoms with van der Waals surface area (Å²) >= 11 is 12.5. The Morgan fingerprint density at radius 3 is 2.48 bits per heavy atom. The van der Waals surface area contributed by atoms with E-state index in [2.05, 4.69) is 5.32 Å². The van der Waals surface area contributed by atoms with Crippen molar-refractivity contribution in [3.8, 4) is 0 Å². The molecule has 1 fully saturated rings. The van der Waals surface area contributed by atoms with Crippen LogP contribution in [0.15, 0.2) is 17.9 Å². The molecule has 2 aliphatic rings. The zero-order chi connectivity index (χ0) is 21.2. The Hall–Kier alpha value is -1.76. The number of halogens is 2. The number of rotatable bonds is 5. The first-order valence-electron chi connectivity index (χ1n) is 9.80. The molecule has 0 atom stereocenters. The quantitative estimate of drug-likeness (QED) is 0.648. The molecule has 1 aromatic rings. The van der Waals surface area contributed by atoms with Crippen LogP contribution >= 0.6 is 23.2 Å². The number of aryl methyl sites for hydroxylation is 1. The number of amides is 1. The highest BCUT2D eigenvalue weighted by Crippen LogP contribution is 2.46. The van der Waals surface area contributed by atoms with Crippen LogP contribution in [-0.4, -0.2) is 36.9 Å². The van der Waals surface area contributed by atoms with E-state index < -0.39 is 11.7 Å². The zero-order valence-corrected chi connectivity index (χ0v) is 18.3. The van der Waals surface area contributed by atoms with Crippen LogP contribution < -0.4 is 5.32 Å². The first-order valence-corrected chi connectivity index (χ1v) is 10.6. The summed E-state index contributed by atoms with van der Waals surface area (Å²) in [6, 6.07) is 3.30. The lowest BCUT2D eigenvalue weighted by molar-refractivity contribution is -0.116. The van der Waals surface area contributed by atoms with Crippen molar-refractivity contribution in [3.63, 3.8) is 0 Å². The van der Waals surface area contributed by atoms with Crippen LogP contribution in [0, 0.1) is 6.92 Å². The van der Waals surface area contributed by atoms with Gasteiger partial charge in [-0.25, -0.2) is 4.79 Å². The fourth-order valence-corrected chi connectivity index (χ4v) is 4.83. The number of hydrogen-bond acceptors (Lipinski definition) is 5. The number of benzene rings is 1. The van der Waals surface area contributed by atoms with E-state index in [1.165, 1.54) is 0 Å². The summed E-state index contributed by atoms with van der Waals surface area (Å²) in [5.41, 5.74) is 0.698. The molecule has 8 heteroatoms. The normalized spacial score (nSPS) is 24.0. The monoisotopic (exact) mass is 441 g/mol. The van der Waals surface area contributed by atoms with E-state index in [0.717, 1.165) is 18.4 Å². The van der Waals surface area contributed by atoms with Crippen LogP contribution in [0.25, 0.3) is 5.57 Å². The summed E-state index contributed by atoms with van der Waals surface area (Å²) in [6.45, 7) is 6.27. The number of ether oxygens (including phenoxy) is 3. The van der Waals surface area contributed by atoms with Crippen molar-refractivity contribution in [2.45, 2.75) is 58.1 Å². The predicted octanol–water partition coefficient (Wildman–Crippen LogP) is 5.03. The second kappa shape index (κ2) is 8.94. The van der Waals surface area contributed by atoms with E-state index in [9.17, 15) is 9.59 Å². The van der Waals surface area contributed by atoms with Crippen LogP contribution in [0.2, 0.25) is 10.0 Å². The molecule has 0 unspecified atom stereocenters. The Balaban J connectivity index is 2.08. The Kier molecular flexibility index (Phi) is 6.76. The Morgan fingerprint density at radius 2 is 1.90 bits per heavy atom. The van der Waals surface area contributed by atoms with Crippen molar-refractivity contribution in [2.24, 2.45) is 0 Å². The lowest BCUT2D eigenvalue weighted by atomic mass is 9.79.